The van der Waals surface area contributed by atoms with E-state index >= 15 is 0 Å². The van der Waals surface area contributed by atoms with Gasteiger partial charge in [0.25, 0.3) is 0 Å². The van der Waals surface area contributed by atoms with E-state index in [9.17, 15) is 4.79 Å². The van der Waals surface area contributed by atoms with Gasteiger partial charge in [-0.3, -0.25) is 0 Å². The third kappa shape index (κ3) is 7.16. The van der Waals surface area contributed by atoms with Crippen molar-refractivity contribution in [1.82, 2.24) is 0 Å². The summed E-state index contributed by atoms with van der Waals surface area (Å²) in [5.41, 5.74) is -0.489. The number of carbonyl (C=O) groups excluding carboxylic acids is 1. The SMILES string of the molecule is CCC(C)OC(=O)OOOC(C)(C)CC. The fourth-order valence-electron chi connectivity index (χ4n) is 0.463. The molecule has 0 aromatic heterocycles. The van der Waals surface area contributed by atoms with Gasteiger partial charge in [-0.15, -0.1) is 0 Å². The Kier molecular flexibility index (Phi) is 6.27. The third-order valence-corrected chi connectivity index (χ3v) is 2.09. The second kappa shape index (κ2) is 6.63. The molecular formula is C10H20O5. The Hall–Kier alpha value is -0.810. The molecule has 0 aliphatic heterocycles. The molecule has 0 bridgehead atoms. The van der Waals surface area contributed by atoms with Crippen molar-refractivity contribution in [3.05, 3.63) is 0 Å². The zero-order valence-corrected chi connectivity index (χ0v) is 10.0. The molecule has 5 heteroatoms. The van der Waals surface area contributed by atoms with E-state index in [1.807, 2.05) is 27.7 Å². The van der Waals surface area contributed by atoms with Gasteiger partial charge in [0.15, 0.2) is 0 Å². The van der Waals surface area contributed by atoms with Gasteiger partial charge in [0.1, 0.15) is 11.7 Å². The molecule has 90 valence electrons. The van der Waals surface area contributed by atoms with Crippen molar-refractivity contribution in [3.63, 3.8) is 0 Å². The molecule has 5 nitrogen and oxygen atoms in total. The van der Waals surface area contributed by atoms with Crippen LogP contribution < -0.4 is 0 Å². The smallest absolute Gasteiger partial charge is 0.429 e. The lowest BCUT2D eigenvalue weighted by molar-refractivity contribution is -0.517. The van der Waals surface area contributed by atoms with Crippen LogP contribution in [-0.2, 0) is 19.6 Å². The molecule has 0 aliphatic carbocycles. The molecule has 0 fully saturated rings. The van der Waals surface area contributed by atoms with Gasteiger partial charge in [0, 0.05) is 0 Å². The van der Waals surface area contributed by atoms with Crippen LogP contribution in [0.15, 0.2) is 0 Å². The summed E-state index contributed by atoms with van der Waals surface area (Å²) in [4.78, 5) is 20.0. The van der Waals surface area contributed by atoms with E-state index in [0.29, 0.717) is 0 Å². The quantitative estimate of drug-likeness (QED) is 0.391. The summed E-state index contributed by atoms with van der Waals surface area (Å²) < 4.78 is 4.78. The predicted octanol–water partition coefficient (Wildman–Crippen LogP) is 2.99. The molecule has 15 heavy (non-hydrogen) atoms. The van der Waals surface area contributed by atoms with Crippen LogP contribution in [0.2, 0.25) is 0 Å². The molecule has 0 amide bonds. The first-order valence-electron chi connectivity index (χ1n) is 5.14. The van der Waals surface area contributed by atoms with Crippen LogP contribution in [0.25, 0.3) is 0 Å². The Bertz CT molecular complexity index is 190. The maximum Gasteiger partial charge on any atom is 0.542 e. The molecule has 1 atom stereocenters. The lowest BCUT2D eigenvalue weighted by atomic mass is 10.1. The molecule has 0 aromatic carbocycles. The van der Waals surface area contributed by atoms with Crippen molar-refractivity contribution in [3.8, 4) is 0 Å². The Morgan fingerprint density at radius 2 is 1.93 bits per heavy atom. The van der Waals surface area contributed by atoms with Gasteiger partial charge < -0.3 is 4.74 Å². The van der Waals surface area contributed by atoms with Crippen molar-refractivity contribution in [2.75, 3.05) is 0 Å². The van der Waals surface area contributed by atoms with E-state index in [0.717, 1.165) is 12.8 Å². The van der Waals surface area contributed by atoms with Crippen LogP contribution in [-0.4, -0.2) is 17.9 Å². The van der Waals surface area contributed by atoms with Crippen molar-refractivity contribution >= 4 is 6.16 Å². The number of ether oxygens (including phenoxy) is 1. The van der Waals surface area contributed by atoms with Crippen molar-refractivity contribution < 1.29 is 24.3 Å². The highest BCUT2D eigenvalue weighted by Crippen LogP contribution is 2.14. The van der Waals surface area contributed by atoms with Crippen LogP contribution in [0, 0.1) is 0 Å². The van der Waals surface area contributed by atoms with Crippen LogP contribution in [0.4, 0.5) is 4.79 Å². The minimum absolute atomic E-state index is 0.194. The molecule has 0 N–H and O–H groups in total. The van der Waals surface area contributed by atoms with Crippen LogP contribution >= 0.6 is 0 Å². The number of carbonyl (C=O) groups is 1. The maximum atomic E-state index is 10.9. The molecule has 0 rings (SSSR count). The van der Waals surface area contributed by atoms with E-state index in [2.05, 4.69) is 9.93 Å². The summed E-state index contributed by atoms with van der Waals surface area (Å²) >= 11 is 0. The van der Waals surface area contributed by atoms with Gasteiger partial charge in [-0.25, -0.2) is 9.68 Å². The second-order valence-electron chi connectivity index (χ2n) is 3.93. The lowest BCUT2D eigenvalue weighted by Gasteiger charge is -2.19. The third-order valence-electron chi connectivity index (χ3n) is 2.09. The molecule has 0 heterocycles. The molecule has 0 saturated carbocycles. The summed E-state index contributed by atoms with van der Waals surface area (Å²) in [5.74, 6) is 0. The zero-order chi connectivity index (χ0) is 11.9. The summed E-state index contributed by atoms with van der Waals surface area (Å²) in [6, 6.07) is 0. The monoisotopic (exact) mass is 220 g/mol. The molecule has 1 unspecified atom stereocenters. The van der Waals surface area contributed by atoms with E-state index in [4.69, 9.17) is 9.62 Å². The highest BCUT2D eigenvalue weighted by atomic mass is 17.5. The number of hydrogen-bond donors (Lipinski definition) is 0. The van der Waals surface area contributed by atoms with Crippen LogP contribution in [0.5, 0.6) is 0 Å². The van der Waals surface area contributed by atoms with Crippen molar-refractivity contribution in [2.24, 2.45) is 0 Å². The highest BCUT2D eigenvalue weighted by Gasteiger charge is 2.19. The first-order valence-corrected chi connectivity index (χ1v) is 5.14. The normalized spacial score (nSPS) is 13.4. The average Bonchev–Trinajstić information content (AvgIpc) is 2.17. The predicted molar refractivity (Wildman–Crippen MR) is 53.9 cm³/mol. The summed E-state index contributed by atoms with van der Waals surface area (Å²) in [7, 11) is 0. The highest BCUT2D eigenvalue weighted by molar-refractivity contribution is 5.59. The summed E-state index contributed by atoms with van der Waals surface area (Å²) in [6.07, 6.45) is 0.365. The molecular weight excluding hydrogens is 200 g/mol. The number of hydrogen-bond acceptors (Lipinski definition) is 5. The van der Waals surface area contributed by atoms with Crippen LogP contribution in [0.1, 0.15) is 47.5 Å². The topological polar surface area (TPSA) is 54.0 Å². The second-order valence-corrected chi connectivity index (χ2v) is 3.93. The van der Waals surface area contributed by atoms with Gasteiger partial charge in [0.2, 0.25) is 0 Å². The van der Waals surface area contributed by atoms with Gasteiger partial charge in [-0.2, -0.15) is 4.89 Å². The fraction of sp³-hybridized carbons (Fsp3) is 0.900. The lowest BCUT2D eigenvalue weighted by Crippen LogP contribution is -2.25. The van der Waals surface area contributed by atoms with E-state index in [1.165, 1.54) is 0 Å². The summed E-state index contributed by atoms with van der Waals surface area (Å²) in [6.45, 7) is 9.22. The van der Waals surface area contributed by atoms with E-state index < -0.39 is 11.8 Å². The Labute approximate surface area is 90.5 Å². The summed E-state index contributed by atoms with van der Waals surface area (Å²) in [5, 5.41) is 4.32. The zero-order valence-electron chi connectivity index (χ0n) is 10.0. The Balaban J connectivity index is 3.64. The standard InChI is InChI=1S/C10H20O5/c1-6-8(3)12-9(11)13-15-14-10(4,5)7-2/h8H,6-7H2,1-5H3. The minimum Gasteiger partial charge on any atom is -0.429 e. The largest absolute Gasteiger partial charge is 0.542 e. The van der Waals surface area contributed by atoms with Gasteiger partial charge in [-0.05, 0) is 38.7 Å². The Morgan fingerprint density at radius 1 is 1.33 bits per heavy atom. The molecule has 0 spiro atoms. The first-order chi connectivity index (χ1) is 6.91. The van der Waals surface area contributed by atoms with Gasteiger partial charge >= 0.3 is 6.16 Å². The fourth-order valence-corrected chi connectivity index (χ4v) is 0.463. The van der Waals surface area contributed by atoms with Gasteiger partial charge in [0.05, 0.1) is 0 Å². The van der Waals surface area contributed by atoms with E-state index in [1.54, 1.807) is 6.92 Å². The van der Waals surface area contributed by atoms with Crippen LogP contribution in [0.3, 0.4) is 0 Å². The molecule has 0 aromatic rings. The Morgan fingerprint density at radius 3 is 2.40 bits per heavy atom. The minimum atomic E-state index is -0.892. The van der Waals surface area contributed by atoms with Crippen molar-refractivity contribution in [1.29, 1.82) is 0 Å². The first kappa shape index (κ1) is 14.2. The molecule has 0 aliphatic rings. The van der Waals surface area contributed by atoms with E-state index in [-0.39, 0.29) is 6.10 Å². The number of rotatable bonds is 6. The average molecular weight is 220 g/mol. The van der Waals surface area contributed by atoms with Gasteiger partial charge in [-0.1, -0.05) is 13.8 Å². The maximum absolute atomic E-state index is 10.9. The van der Waals surface area contributed by atoms with Crippen molar-refractivity contribution in [2.45, 2.75) is 59.2 Å². The molecule has 0 radical (unpaired) electrons. The molecule has 0 saturated heterocycles.